The topological polar surface area (TPSA) is 32.3 Å². The van der Waals surface area contributed by atoms with E-state index < -0.39 is 0 Å². The highest BCUT2D eigenvalue weighted by Crippen LogP contribution is 2.13. The molecule has 0 spiro atoms. The van der Waals surface area contributed by atoms with E-state index in [1.54, 1.807) is 0 Å². The van der Waals surface area contributed by atoms with Crippen molar-refractivity contribution >= 4 is 5.91 Å². The predicted molar refractivity (Wildman–Crippen MR) is 62.7 cm³/mol. The van der Waals surface area contributed by atoms with E-state index in [4.69, 9.17) is 0 Å². The summed E-state index contributed by atoms with van der Waals surface area (Å²) < 4.78 is 0. The van der Waals surface area contributed by atoms with Crippen molar-refractivity contribution in [2.45, 2.75) is 45.6 Å². The van der Waals surface area contributed by atoms with E-state index in [1.165, 1.54) is 0 Å². The van der Waals surface area contributed by atoms with Gasteiger partial charge in [-0.05, 0) is 38.3 Å². The summed E-state index contributed by atoms with van der Waals surface area (Å²) in [5.74, 6) is 0.936. The maximum atomic E-state index is 11.9. The van der Waals surface area contributed by atoms with E-state index in [1.807, 2.05) is 11.9 Å². The fourth-order valence-corrected chi connectivity index (χ4v) is 1.99. The van der Waals surface area contributed by atoms with Gasteiger partial charge in [0.25, 0.3) is 0 Å². The van der Waals surface area contributed by atoms with Gasteiger partial charge in [0.2, 0.25) is 5.91 Å². The summed E-state index contributed by atoms with van der Waals surface area (Å²) in [4.78, 5) is 13.8. The lowest BCUT2D eigenvalue weighted by atomic mass is 10.0. The Balaban J connectivity index is 2.30. The standard InChI is InChI=1S/C12H24N2O/c1-10(2)4-5-12(15)14(3)11-6-8-13-9-7-11/h10-11,13H,4-9H2,1-3H3. The molecule has 0 radical (unpaired) electrons. The van der Waals surface area contributed by atoms with Crippen LogP contribution in [-0.2, 0) is 4.79 Å². The molecular formula is C12H24N2O. The maximum absolute atomic E-state index is 11.9. The lowest BCUT2D eigenvalue weighted by molar-refractivity contribution is -0.132. The van der Waals surface area contributed by atoms with Crippen molar-refractivity contribution in [1.29, 1.82) is 0 Å². The maximum Gasteiger partial charge on any atom is 0.222 e. The van der Waals surface area contributed by atoms with Crippen molar-refractivity contribution in [3.05, 3.63) is 0 Å². The van der Waals surface area contributed by atoms with Gasteiger partial charge in [0.15, 0.2) is 0 Å². The molecule has 0 aromatic carbocycles. The lowest BCUT2D eigenvalue weighted by Crippen LogP contribution is -2.43. The van der Waals surface area contributed by atoms with Gasteiger partial charge in [-0.1, -0.05) is 13.8 Å². The minimum atomic E-state index is 0.315. The van der Waals surface area contributed by atoms with Gasteiger partial charge in [-0.3, -0.25) is 4.79 Å². The van der Waals surface area contributed by atoms with Crippen LogP contribution in [0.1, 0.15) is 39.5 Å². The van der Waals surface area contributed by atoms with Crippen LogP contribution in [-0.4, -0.2) is 37.0 Å². The molecule has 88 valence electrons. The Kier molecular flexibility index (Phi) is 5.09. The van der Waals surface area contributed by atoms with Crippen molar-refractivity contribution in [2.24, 2.45) is 5.92 Å². The molecule has 0 bridgehead atoms. The van der Waals surface area contributed by atoms with Crippen LogP contribution in [0.15, 0.2) is 0 Å². The van der Waals surface area contributed by atoms with Gasteiger partial charge in [0.05, 0.1) is 0 Å². The van der Waals surface area contributed by atoms with Gasteiger partial charge in [-0.15, -0.1) is 0 Å². The molecule has 0 saturated carbocycles. The molecule has 1 amide bonds. The second kappa shape index (κ2) is 6.11. The number of nitrogens with one attached hydrogen (secondary N) is 1. The zero-order valence-electron chi connectivity index (χ0n) is 10.3. The SMILES string of the molecule is CC(C)CCC(=O)N(C)C1CCNCC1. The first-order chi connectivity index (χ1) is 7.11. The van der Waals surface area contributed by atoms with Crippen LogP contribution in [0.2, 0.25) is 0 Å². The molecule has 1 aliphatic rings. The largest absolute Gasteiger partial charge is 0.343 e. The van der Waals surface area contributed by atoms with E-state index >= 15 is 0 Å². The summed E-state index contributed by atoms with van der Waals surface area (Å²) in [7, 11) is 1.96. The number of amides is 1. The molecule has 1 heterocycles. The van der Waals surface area contributed by atoms with Gasteiger partial charge in [0, 0.05) is 19.5 Å². The van der Waals surface area contributed by atoms with Crippen molar-refractivity contribution in [3.8, 4) is 0 Å². The number of nitrogens with zero attached hydrogens (tertiary/aromatic N) is 1. The van der Waals surface area contributed by atoms with Crippen molar-refractivity contribution in [3.63, 3.8) is 0 Å². The number of carbonyl (C=O) groups excluding carboxylic acids is 1. The lowest BCUT2D eigenvalue weighted by Gasteiger charge is -2.31. The number of hydrogen-bond donors (Lipinski definition) is 1. The first-order valence-electron chi connectivity index (χ1n) is 6.07. The summed E-state index contributed by atoms with van der Waals surface area (Å²) in [6.45, 7) is 6.43. The van der Waals surface area contributed by atoms with Crippen molar-refractivity contribution in [1.82, 2.24) is 10.2 Å². The highest BCUT2D eigenvalue weighted by atomic mass is 16.2. The second-order valence-electron chi connectivity index (χ2n) is 4.92. The molecule has 3 heteroatoms. The van der Waals surface area contributed by atoms with Crippen LogP contribution in [0.5, 0.6) is 0 Å². The summed E-state index contributed by atoms with van der Waals surface area (Å²) in [5.41, 5.74) is 0. The van der Waals surface area contributed by atoms with E-state index in [0.717, 1.165) is 32.4 Å². The molecule has 0 aliphatic carbocycles. The quantitative estimate of drug-likeness (QED) is 0.768. The van der Waals surface area contributed by atoms with Crippen LogP contribution < -0.4 is 5.32 Å². The molecule has 3 nitrogen and oxygen atoms in total. The smallest absolute Gasteiger partial charge is 0.222 e. The first kappa shape index (κ1) is 12.5. The third-order valence-electron chi connectivity index (χ3n) is 3.19. The van der Waals surface area contributed by atoms with Gasteiger partial charge in [-0.25, -0.2) is 0 Å². The van der Waals surface area contributed by atoms with Gasteiger partial charge in [-0.2, -0.15) is 0 Å². The molecule has 1 rings (SSSR count). The van der Waals surface area contributed by atoms with E-state index in [-0.39, 0.29) is 0 Å². The summed E-state index contributed by atoms with van der Waals surface area (Å²) in [6.07, 6.45) is 3.92. The second-order valence-corrected chi connectivity index (χ2v) is 4.92. The van der Waals surface area contributed by atoms with Crippen molar-refractivity contribution in [2.75, 3.05) is 20.1 Å². The van der Waals surface area contributed by atoms with E-state index in [2.05, 4.69) is 19.2 Å². The molecule has 1 saturated heterocycles. The minimum absolute atomic E-state index is 0.315. The van der Waals surface area contributed by atoms with Crippen LogP contribution in [0, 0.1) is 5.92 Å². The minimum Gasteiger partial charge on any atom is -0.343 e. The van der Waals surface area contributed by atoms with Crippen LogP contribution in [0.3, 0.4) is 0 Å². The van der Waals surface area contributed by atoms with Crippen molar-refractivity contribution < 1.29 is 4.79 Å². The highest BCUT2D eigenvalue weighted by Gasteiger charge is 2.21. The molecule has 0 unspecified atom stereocenters. The summed E-state index contributed by atoms with van der Waals surface area (Å²) in [5, 5.41) is 3.32. The van der Waals surface area contributed by atoms with E-state index in [0.29, 0.717) is 24.3 Å². The average Bonchev–Trinajstić information content (AvgIpc) is 2.26. The number of piperidine rings is 1. The summed E-state index contributed by atoms with van der Waals surface area (Å²) >= 11 is 0. The Morgan fingerprint density at radius 1 is 1.40 bits per heavy atom. The van der Waals surface area contributed by atoms with Crippen LogP contribution >= 0.6 is 0 Å². The Morgan fingerprint density at radius 3 is 2.53 bits per heavy atom. The molecular weight excluding hydrogens is 188 g/mol. The normalized spacial score (nSPS) is 18.1. The number of hydrogen-bond acceptors (Lipinski definition) is 2. The van der Waals surface area contributed by atoms with Crippen LogP contribution in [0.25, 0.3) is 0 Å². The van der Waals surface area contributed by atoms with E-state index in [9.17, 15) is 4.79 Å². The fourth-order valence-electron chi connectivity index (χ4n) is 1.99. The fraction of sp³-hybridized carbons (Fsp3) is 0.917. The molecule has 1 aliphatic heterocycles. The zero-order chi connectivity index (χ0) is 11.3. The summed E-state index contributed by atoms with van der Waals surface area (Å²) in [6, 6.07) is 0.464. The average molecular weight is 212 g/mol. The Hall–Kier alpha value is -0.570. The Morgan fingerprint density at radius 2 is 2.00 bits per heavy atom. The van der Waals surface area contributed by atoms with Crippen LogP contribution in [0.4, 0.5) is 0 Å². The molecule has 15 heavy (non-hydrogen) atoms. The zero-order valence-corrected chi connectivity index (χ0v) is 10.3. The third-order valence-corrected chi connectivity index (χ3v) is 3.19. The Labute approximate surface area is 93.2 Å². The van der Waals surface area contributed by atoms with Gasteiger partial charge < -0.3 is 10.2 Å². The molecule has 1 N–H and O–H groups in total. The number of rotatable bonds is 4. The predicted octanol–water partition coefficient (Wildman–Crippen LogP) is 1.63. The first-order valence-corrected chi connectivity index (χ1v) is 6.07. The molecule has 0 atom stereocenters. The molecule has 0 aromatic rings. The monoisotopic (exact) mass is 212 g/mol. The third kappa shape index (κ3) is 4.20. The molecule has 1 fully saturated rings. The highest BCUT2D eigenvalue weighted by molar-refractivity contribution is 5.76. The number of carbonyl (C=O) groups is 1. The molecule has 0 aromatic heterocycles. The van der Waals surface area contributed by atoms with Gasteiger partial charge >= 0.3 is 0 Å². The van der Waals surface area contributed by atoms with Gasteiger partial charge in [0.1, 0.15) is 0 Å². The Bertz CT molecular complexity index is 198.